The summed E-state index contributed by atoms with van der Waals surface area (Å²) in [6, 6.07) is 8.96. The number of amides is 2. The Kier molecular flexibility index (Phi) is 8.60. The van der Waals surface area contributed by atoms with Crippen LogP contribution in [0, 0.1) is 5.92 Å². The zero-order valence-electron chi connectivity index (χ0n) is 18.0. The number of nitrogens with one attached hydrogen (secondary N) is 2. The lowest BCUT2D eigenvalue weighted by Gasteiger charge is -2.24. The molecule has 0 aliphatic rings. The number of carbonyl (C=O) groups is 3. The van der Waals surface area contributed by atoms with Gasteiger partial charge in [-0.1, -0.05) is 38.1 Å². The molecule has 0 heterocycles. The number of aliphatic carboxylic acids is 1. The molecule has 2 aromatic carbocycles. The quantitative estimate of drug-likeness (QED) is 0.318. The molecule has 0 bridgehead atoms. The van der Waals surface area contributed by atoms with Crippen molar-refractivity contribution in [3.8, 4) is 11.5 Å². The Morgan fingerprint density at radius 3 is 1.59 bits per heavy atom. The molecular formula is C23H29N3O6. The Hall–Kier alpha value is -3.59. The molecular weight excluding hydrogens is 414 g/mol. The van der Waals surface area contributed by atoms with Gasteiger partial charge in [0.05, 0.1) is 6.04 Å². The maximum Gasteiger partial charge on any atom is 0.326 e. The van der Waals surface area contributed by atoms with Crippen LogP contribution in [0.25, 0.3) is 0 Å². The monoisotopic (exact) mass is 443 g/mol. The van der Waals surface area contributed by atoms with Gasteiger partial charge < -0.3 is 31.7 Å². The third-order valence-electron chi connectivity index (χ3n) is 5.02. The van der Waals surface area contributed by atoms with Crippen molar-refractivity contribution in [1.29, 1.82) is 0 Å². The van der Waals surface area contributed by atoms with E-state index >= 15 is 0 Å². The lowest BCUT2D eigenvalue weighted by Crippen LogP contribution is -2.56. The van der Waals surface area contributed by atoms with E-state index in [0.29, 0.717) is 11.1 Å². The summed E-state index contributed by atoms with van der Waals surface area (Å²) in [6.07, 6.45) is 0.0704. The highest BCUT2D eigenvalue weighted by Gasteiger charge is 2.29. The molecule has 0 spiro atoms. The van der Waals surface area contributed by atoms with Gasteiger partial charge in [-0.25, -0.2) is 4.79 Å². The summed E-state index contributed by atoms with van der Waals surface area (Å²) in [4.78, 5) is 37.2. The van der Waals surface area contributed by atoms with Crippen LogP contribution in [-0.4, -0.2) is 51.2 Å². The van der Waals surface area contributed by atoms with Gasteiger partial charge in [0.15, 0.2) is 0 Å². The minimum absolute atomic E-state index is 0.00721. The molecule has 0 fully saturated rings. The summed E-state index contributed by atoms with van der Waals surface area (Å²) < 4.78 is 0. The van der Waals surface area contributed by atoms with Crippen molar-refractivity contribution < 1.29 is 29.7 Å². The first-order chi connectivity index (χ1) is 15.1. The van der Waals surface area contributed by atoms with Crippen molar-refractivity contribution >= 4 is 17.8 Å². The molecule has 9 heteroatoms. The minimum Gasteiger partial charge on any atom is -0.508 e. The highest BCUT2D eigenvalue weighted by atomic mass is 16.4. The summed E-state index contributed by atoms with van der Waals surface area (Å²) in [5.41, 5.74) is 7.16. The SMILES string of the molecule is CC(C)[C@H](N)C(=O)N[C@@H](Cc1ccc(O)cc1)C(=O)N[C@@H](Cc1ccc(O)cc1)C(=O)O. The number of hydrogen-bond donors (Lipinski definition) is 6. The first kappa shape index (κ1) is 24.7. The number of phenols is 2. The molecule has 2 aromatic rings. The van der Waals surface area contributed by atoms with E-state index in [1.807, 2.05) is 0 Å². The molecule has 0 unspecified atom stereocenters. The van der Waals surface area contributed by atoms with Gasteiger partial charge in [0.1, 0.15) is 23.6 Å². The molecule has 9 nitrogen and oxygen atoms in total. The fourth-order valence-electron chi connectivity index (χ4n) is 2.99. The predicted molar refractivity (Wildman–Crippen MR) is 118 cm³/mol. The van der Waals surface area contributed by atoms with Crippen LogP contribution in [0.1, 0.15) is 25.0 Å². The van der Waals surface area contributed by atoms with E-state index in [9.17, 15) is 29.7 Å². The van der Waals surface area contributed by atoms with Gasteiger partial charge in [-0.05, 0) is 41.3 Å². The lowest BCUT2D eigenvalue weighted by molar-refractivity contribution is -0.142. The highest BCUT2D eigenvalue weighted by molar-refractivity contribution is 5.92. The molecule has 0 aliphatic heterocycles. The zero-order valence-corrected chi connectivity index (χ0v) is 18.0. The van der Waals surface area contributed by atoms with Crippen LogP contribution in [0.5, 0.6) is 11.5 Å². The number of benzene rings is 2. The van der Waals surface area contributed by atoms with Crippen LogP contribution in [0.15, 0.2) is 48.5 Å². The van der Waals surface area contributed by atoms with E-state index in [-0.39, 0.29) is 30.3 Å². The zero-order chi connectivity index (χ0) is 23.8. The fraction of sp³-hybridized carbons (Fsp3) is 0.348. The Morgan fingerprint density at radius 2 is 1.19 bits per heavy atom. The number of rotatable bonds is 10. The number of carboxylic acid groups (broad SMARTS) is 1. The molecule has 32 heavy (non-hydrogen) atoms. The highest BCUT2D eigenvalue weighted by Crippen LogP contribution is 2.14. The molecule has 0 saturated carbocycles. The standard InChI is InChI=1S/C23H29N3O6/c1-13(2)20(24)22(30)25-18(11-14-3-7-16(27)8-4-14)21(29)26-19(23(31)32)12-15-5-9-17(28)10-6-15/h3-10,13,18-20,27-28H,11-12,24H2,1-2H3,(H,25,30)(H,26,29)(H,31,32)/t18-,19-,20-/m0/s1. The van der Waals surface area contributed by atoms with E-state index in [1.54, 1.807) is 38.1 Å². The minimum atomic E-state index is -1.25. The van der Waals surface area contributed by atoms with Crippen molar-refractivity contribution in [2.45, 2.75) is 44.8 Å². The smallest absolute Gasteiger partial charge is 0.326 e. The van der Waals surface area contributed by atoms with E-state index in [2.05, 4.69) is 10.6 Å². The maximum absolute atomic E-state index is 13.0. The second kappa shape index (κ2) is 11.1. The average Bonchev–Trinajstić information content (AvgIpc) is 2.74. The molecule has 0 aromatic heterocycles. The second-order valence-electron chi connectivity index (χ2n) is 7.97. The molecule has 0 radical (unpaired) electrons. The molecule has 0 saturated heterocycles. The average molecular weight is 444 g/mol. The predicted octanol–water partition coefficient (Wildman–Crippen LogP) is 0.921. The normalized spacial score (nSPS) is 13.8. The summed E-state index contributed by atoms with van der Waals surface area (Å²) in [5.74, 6) is -2.49. The van der Waals surface area contributed by atoms with E-state index in [1.165, 1.54) is 24.3 Å². The van der Waals surface area contributed by atoms with Crippen LogP contribution in [0.3, 0.4) is 0 Å². The first-order valence-electron chi connectivity index (χ1n) is 10.2. The van der Waals surface area contributed by atoms with Crippen molar-refractivity contribution in [3.63, 3.8) is 0 Å². The van der Waals surface area contributed by atoms with Crippen molar-refractivity contribution in [2.24, 2.45) is 11.7 Å². The Balaban J connectivity index is 2.19. The Bertz CT molecular complexity index is 928. The number of aromatic hydroxyl groups is 2. The third kappa shape index (κ3) is 7.28. The number of carbonyl (C=O) groups excluding carboxylic acids is 2. The number of phenolic OH excluding ortho intramolecular Hbond substituents is 2. The van der Waals surface area contributed by atoms with Gasteiger partial charge >= 0.3 is 5.97 Å². The summed E-state index contributed by atoms with van der Waals surface area (Å²) in [6.45, 7) is 3.55. The van der Waals surface area contributed by atoms with Crippen LogP contribution in [0.2, 0.25) is 0 Å². The Labute approximate surface area is 186 Å². The molecule has 7 N–H and O–H groups in total. The summed E-state index contributed by atoms with van der Waals surface area (Å²) >= 11 is 0. The van der Waals surface area contributed by atoms with Gasteiger partial charge in [-0.3, -0.25) is 9.59 Å². The lowest BCUT2D eigenvalue weighted by atomic mass is 10.0. The molecule has 2 rings (SSSR count). The Morgan fingerprint density at radius 1 is 0.781 bits per heavy atom. The van der Waals surface area contributed by atoms with Crippen molar-refractivity contribution in [1.82, 2.24) is 10.6 Å². The van der Waals surface area contributed by atoms with E-state index in [4.69, 9.17) is 5.73 Å². The first-order valence-corrected chi connectivity index (χ1v) is 10.2. The van der Waals surface area contributed by atoms with Crippen LogP contribution >= 0.6 is 0 Å². The third-order valence-corrected chi connectivity index (χ3v) is 5.02. The van der Waals surface area contributed by atoms with Gasteiger partial charge in [0, 0.05) is 12.8 Å². The summed E-state index contributed by atoms with van der Waals surface area (Å²) in [5, 5.41) is 33.5. The summed E-state index contributed by atoms with van der Waals surface area (Å²) in [7, 11) is 0. The van der Waals surface area contributed by atoms with E-state index in [0.717, 1.165) is 0 Å². The van der Waals surface area contributed by atoms with Gasteiger partial charge in [0.2, 0.25) is 11.8 Å². The van der Waals surface area contributed by atoms with Crippen LogP contribution in [-0.2, 0) is 27.2 Å². The molecule has 172 valence electrons. The van der Waals surface area contributed by atoms with Gasteiger partial charge in [0.25, 0.3) is 0 Å². The number of hydrogen-bond acceptors (Lipinski definition) is 6. The van der Waals surface area contributed by atoms with Crippen LogP contribution < -0.4 is 16.4 Å². The largest absolute Gasteiger partial charge is 0.508 e. The van der Waals surface area contributed by atoms with Gasteiger partial charge in [-0.2, -0.15) is 0 Å². The maximum atomic E-state index is 13.0. The molecule has 0 aliphatic carbocycles. The van der Waals surface area contributed by atoms with Crippen molar-refractivity contribution in [3.05, 3.63) is 59.7 Å². The van der Waals surface area contributed by atoms with Crippen molar-refractivity contribution in [2.75, 3.05) is 0 Å². The molecule has 3 atom stereocenters. The van der Waals surface area contributed by atoms with Gasteiger partial charge in [-0.15, -0.1) is 0 Å². The van der Waals surface area contributed by atoms with Crippen LogP contribution in [0.4, 0.5) is 0 Å². The number of nitrogens with two attached hydrogens (primary N) is 1. The number of carboxylic acids is 1. The topological polar surface area (TPSA) is 162 Å². The second-order valence-corrected chi connectivity index (χ2v) is 7.97. The van der Waals surface area contributed by atoms with E-state index < -0.39 is 35.9 Å². The fourth-order valence-corrected chi connectivity index (χ4v) is 2.99. The molecule has 2 amide bonds.